The molecule has 2 aromatic carbocycles. The van der Waals surface area contributed by atoms with Gasteiger partial charge in [-0.05, 0) is 43.3 Å². The van der Waals surface area contributed by atoms with E-state index in [1.54, 1.807) is 12.1 Å². The van der Waals surface area contributed by atoms with Gasteiger partial charge in [-0.2, -0.15) is 0 Å². The lowest BCUT2D eigenvalue weighted by Gasteiger charge is -2.11. The summed E-state index contributed by atoms with van der Waals surface area (Å²) in [6, 6.07) is 15.7. The monoisotopic (exact) mass is 422 g/mol. The first kappa shape index (κ1) is 18.7. The minimum Gasteiger partial charge on any atom is -0.494 e. The molecule has 0 fully saturated rings. The van der Waals surface area contributed by atoms with Crippen molar-refractivity contribution in [3.05, 3.63) is 83.5 Å². The molecule has 0 unspecified atom stereocenters. The number of aromatic amines is 1. The van der Waals surface area contributed by atoms with Crippen LogP contribution in [0, 0.1) is 0 Å². The second-order valence-electron chi connectivity index (χ2n) is 7.93. The lowest BCUT2D eigenvalue weighted by atomic mass is 10.2. The lowest BCUT2D eigenvalue weighted by Crippen LogP contribution is -2.08. The first-order valence-corrected chi connectivity index (χ1v) is 10.8. The van der Waals surface area contributed by atoms with Gasteiger partial charge in [0.25, 0.3) is 0 Å². The van der Waals surface area contributed by atoms with Gasteiger partial charge < -0.3 is 18.9 Å². The van der Waals surface area contributed by atoms with Gasteiger partial charge in [0.1, 0.15) is 5.75 Å². The van der Waals surface area contributed by atoms with Gasteiger partial charge in [0.15, 0.2) is 5.43 Å². The molecule has 0 saturated carbocycles. The third kappa shape index (κ3) is 2.80. The van der Waals surface area contributed by atoms with Crippen LogP contribution in [-0.2, 0) is 13.1 Å². The van der Waals surface area contributed by atoms with Crippen molar-refractivity contribution in [3.8, 4) is 5.75 Å². The second kappa shape index (κ2) is 7.27. The number of nitrogens with zero attached hydrogens (tertiary/aromatic N) is 3. The molecular weight excluding hydrogens is 400 g/mol. The minimum absolute atomic E-state index is 0.0213. The van der Waals surface area contributed by atoms with Crippen molar-refractivity contribution in [1.82, 2.24) is 19.1 Å². The molecule has 6 rings (SSSR count). The summed E-state index contributed by atoms with van der Waals surface area (Å²) in [7, 11) is 0. The smallest absolute Gasteiger partial charge is 0.180 e. The molecular formula is C26H22N4O2. The fraction of sp³-hybridized carbons (Fsp3) is 0.154. The summed E-state index contributed by atoms with van der Waals surface area (Å²) in [6.45, 7) is 4.07. The van der Waals surface area contributed by atoms with Crippen LogP contribution in [0.5, 0.6) is 5.75 Å². The number of aromatic nitrogens is 4. The molecule has 0 aliphatic heterocycles. The molecule has 0 aliphatic rings. The Morgan fingerprint density at radius 2 is 1.56 bits per heavy atom. The van der Waals surface area contributed by atoms with E-state index in [0.717, 1.165) is 45.1 Å². The molecule has 0 amide bonds. The largest absolute Gasteiger partial charge is 0.494 e. The Kier molecular flexibility index (Phi) is 4.24. The summed E-state index contributed by atoms with van der Waals surface area (Å²) >= 11 is 0. The zero-order chi connectivity index (χ0) is 21.7. The number of rotatable bonds is 5. The average Bonchev–Trinajstić information content (AvgIpc) is 3.30. The van der Waals surface area contributed by atoms with Crippen LogP contribution < -0.4 is 10.2 Å². The Bertz CT molecular complexity index is 1670. The number of hydrogen-bond acceptors (Lipinski definition) is 3. The van der Waals surface area contributed by atoms with E-state index >= 15 is 0 Å². The molecule has 6 nitrogen and oxygen atoms in total. The maximum atomic E-state index is 12.1. The highest BCUT2D eigenvalue weighted by Gasteiger charge is 2.14. The Labute approximate surface area is 183 Å². The van der Waals surface area contributed by atoms with Crippen LogP contribution in [0.3, 0.4) is 0 Å². The maximum Gasteiger partial charge on any atom is 0.180 e. The summed E-state index contributed by atoms with van der Waals surface area (Å²) < 4.78 is 10.3. The molecule has 32 heavy (non-hydrogen) atoms. The predicted molar refractivity (Wildman–Crippen MR) is 128 cm³/mol. The molecule has 4 aromatic heterocycles. The standard InChI is InChI=1S/C26H22N4O2/c1-2-32-18-4-6-20-22-8-10-28-16-26(22)30(24(20)14-18)12-11-29-23-13-17(31)3-5-19(23)21-7-9-27-15-25(21)29/h3-10,13-16,27H,2,11-12H2,1H3. The molecule has 6 heteroatoms. The molecule has 0 aliphatic carbocycles. The van der Waals surface area contributed by atoms with Crippen molar-refractivity contribution in [2.75, 3.05) is 6.61 Å². The van der Waals surface area contributed by atoms with Gasteiger partial charge >= 0.3 is 0 Å². The molecule has 158 valence electrons. The Morgan fingerprint density at radius 3 is 2.41 bits per heavy atom. The van der Waals surface area contributed by atoms with Gasteiger partial charge in [0.05, 0.1) is 34.9 Å². The number of fused-ring (bicyclic) bond motifs is 6. The van der Waals surface area contributed by atoms with Crippen molar-refractivity contribution >= 4 is 43.6 Å². The molecule has 0 spiro atoms. The number of pyridine rings is 2. The van der Waals surface area contributed by atoms with E-state index in [9.17, 15) is 4.79 Å². The fourth-order valence-electron chi connectivity index (χ4n) is 4.82. The van der Waals surface area contributed by atoms with Crippen LogP contribution in [0.1, 0.15) is 6.92 Å². The van der Waals surface area contributed by atoms with Crippen LogP contribution in [0.15, 0.2) is 78.1 Å². The van der Waals surface area contributed by atoms with E-state index in [4.69, 9.17) is 4.74 Å². The summed E-state index contributed by atoms with van der Waals surface area (Å²) in [5.74, 6) is 0.861. The molecule has 0 bridgehead atoms. The van der Waals surface area contributed by atoms with Crippen LogP contribution in [0.4, 0.5) is 0 Å². The van der Waals surface area contributed by atoms with Gasteiger partial charge in [-0.15, -0.1) is 0 Å². The molecule has 0 saturated heterocycles. The molecule has 6 aromatic rings. The van der Waals surface area contributed by atoms with Crippen LogP contribution in [0.25, 0.3) is 43.6 Å². The highest BCUT2D eigenvalue weighted by atomic mass is 16.5. The third-order valence-corrected chi connectivity index (χ3v) is 6.18. The van der Waals surface area contributed by atoms with E-state index < -0.39 is 0 Å². The Balaban J connectivity index is 1.53. The van der Waals surface area contributed by atoms with Crippen molar-refractivity contribution < 1.29 is 4.74 Å². The topological polar surface area (TPSA) is 64.8 Å². The van der Waals surface area contributed by atoms with Gasteiger partial charge in [-0.25, -0.2) is 0 Å². The highest BCUT2D eigenvalue weighted by Crippen LogP contribution is 2.32. The van der Waals surface area contributed by atoms with E-state index in [-0.39, 0.29) is 5.43 Å². The molecule has 1 N–H and O–H groups in total. The number of hydrogen-bond donors (Lipinski definition) is 1. The first-order chi connectivity index (χ1) is 15.7. The van der Waals surface area contributed by atoms with E-state index in [1.807, 2.05) is 43.8 Å². The van der Waals surface area contributed by atoms with Gasteiger partial charge in [0.2, 0.25) is 0 Å². The minimum atomic E-state index is 0.0213. The summed E-state index contributed by atoms with van der Waals surface area (Å²) in [6.07, 6.45) is 7.68. The van der Waals surface area contributed by atoms with Crippen LogP contribution in [0.2, 0.25) is 0 Å². The summed E-state index contributed by atoms with van der Waals surface area (Å²) in [5.41, 5.74) is 4.28. The number of ether oxygens (including phenoxy) is 1. The summed E-state index contributed by atoms with van der Waals surface area (Å²) in [5, 5.41) is 4.59. The lowest BCUT2D eigenvalue weighted by molar-refractivity contribution is 0.340. The second-order valence-corrected chi connectivity index (χ2v) is 7.93. The normalized spacial score (nSPS) is 11.8. The van der Waals surface area contributed by atoms with Gasteiger partial charge in [-0.1, -0.05) is 0 Å². The van der Waals surface area contributed by atoms with Gasteiger partial charge in [0, 0.05) is 65.4 Å². The first-order valence-electron chi connectivity index (χ1n) is 10.8. The Morgan fingerprint density at radius 1 is 0.844 bits per heavy atom. The van der Waals surface area contributed by atoms with Crippen LogP contribution in [-0.4, -0.2) is 25.7 Å². The Hall–Kier alpha value is -4.06. The number of benzene rings is 2. The van der Waals surface area contributed by atoms with E-state index in [2.05, 4.69) is 43.4 Å². The molecule has 4 heterocycles. The van der Waals surface area contributed by atoms with Crippen molar-refractivity contribution in [2.24, 2.45) is 0 Å². The molecule has 0 radical (unpaired) electrons. The zero-order valence-electron chi connectivity index (χ0n) is 17.7. The van der Waals surface area contributed by atoms with Crippen LogP contribution >= 0.6 is 0 Å². The zero-order valence-corrected chi connectivity index (χ0v) is 17.7. The van der Waals surface area contributed by atoms with Gasteiger partial charge in [-0.3, -0.25) is 9.78 Å². The maximum absolute atomic E-state index is 12.1. The van der Waals surface area contributed by atoms with Crippen molar-refractivity contribution in [2.45, 2.75) is 20.0 Å². The van der Waals surface area contributed by atoms with Crippen molar-refractivity contribution in [3.63, 3.8) is 0 Å². The number of H-pyrrole nitrogens is 1. The molecule has 0 atom stereocenters. The third-order valence-electron chi connectivity index (χ3n) is 6.18. The number of nitrogens with one attached hydrogen (secondary N) is 1. The SMILES string of the molecule is CCOc1ccc2c3ccncc3n(CCn3c4c[nH]ccc4c4ccc(=O)cc43)c2c1. The quantitative estimate of drug-likeness (QED) is 0.421. The number of aryl methyl sites for hydroxylation is 2. The average molecular weight is 422 g/mol. The fourth-order valence-corrected chi connectivity index (χ4v) is 4.82. The van der Waals surface area contributed by atoms with E-state index in [1.165, 1.54) is 10.8 Å². The summed E-state index contributed by atoms with van der Waals surface area (Å²) in [4.78, 5) is 19.7. The highest BCUT2D eigenvalue weighted by molar-refractivity contribution is 6.09. The predicted octanol–water partition coefficient (Wildman–Crippen LogP) is 5.08. The van der Waals surface area contributed by atoms with Crippen molar-refractivity contribution in [1.29, 1.82) is 0 Å². The van der Waals surface area contributed by atoms with E-state index in [0.29, 0.717) is 13.2 Å².